The van der Waals surface area contributed by atoms with Gasteiger partial charge in [-0.15, -0.1) is 0 Å². The van der Waals surface area contributed by atoms with Gasteiger partial charge in [-0.3, -0.25) is 0 Å². The van der Waals surface area contributed by atoms with E-state index in [2.05, 4.69) is 9.88 Å². The number of anilines is 1. The SMILES string of the molecule is CCOC(=O)c1ccc(N2CCC(OC3CCN(C(=O)OC(C)(C)C)CC3)CC2)nc1. The lowest BCUT2D eigenvalue weighted by Gasteiger charge is -2.37. The van der Waals surface area contributed by atoms with E-state index in [9.17, 15) is 9.59 Å². The van der Waals surface area contributed by atoms with E-state index in [-0.39, 0.29) is 24.3 Å². The van der Waals surface area contributed by atoms with Gasteiger partial charge in [0, 0.05) is 32.4 Å². The molecule has 0 spiro atoms. The summed E-state index contributed by atoms with van der Waals surface area (Å²) in [6.45, 7) is 10.9. The Hall–Kier alpha value is -2.35. The summed E-state index contributed by atoms with van der Waals surface area (Å²) >= 11 is 0. The van der Waals surface area contributed by atoms with Gasteiger partial charge in [-0.25, -0.2) is 14.6 Å². The predicted octanol–water partition coefficient (Wildman–Crippen LogP) is 3.64. The quantitative estimate of drug-likeness (QED) is 0.656. The first-order valence-electron chi connectivity index (χ1n) is 11.3. The number of esters is 1. The second-order valence-electron chi connectivity index (χ2n) is 9.11. The molecule has 1 aromatic heterocycles. The van der Waals surface area contributed by atoms with Crippen molar-refractivity contribution >= 4 is 17.9 Å². The zero-order valence-corrected chi connectivity index (χ0v) is 19.1. The second-order valence-corrected chi connectivity index (χ2v) is 9.11. The highest BCUT2D eigenvalue weighted by atomic mass is 16.6. The molecular formula is C23H35N3O5. The molecule has 172 valence electrons. The molecule has 1 amide bonds. The number of likely N-dealkylation sites (tertiary alicyclic amines) is 1. The van der Waals surface area contributed by atoms with E-state index in [1.165, 1.54) is 0 Å². The number of rotatable bonds is 5. The van der Waals surface area contributed by atoms with E-state index in [1.807, 2.05) is 26.8 Å². The van der Waals surface area contributed by atoms with E-state index >= 15 is 0 Å². The van der Waals surface area contributed by atoms with Crippen LogP contribution in [-0.4, -0.2) is 72.5 Å². The molecule has 3 rings (SSSR count). The van der Waals surface area contributed by atoms with Gasteiger partial charge in [-0.2, -0.15) is 0 Å². The molecule has 0 N–H and O–H groups in total. The maximum atomic E-state index is 12.2. The highest BCUT2D eigenvalue weighted by molar-refractivity contribution is 5.89. The summed E-state index contributed by atoms with van der Waals surface area (Å²) in [6.07, 6.45) is 5.33. The van der Waals surface area contributed by atoms with Crippen LogP contribution in [0.15, 0.2) is 18.3 Å². The highest BCUT2D eigenvalue weighted by Crippen LogP contribution is 2.24. The van der Waals surface area contributed by atoms with Crippen LogP contribution in [0.1, 0.15) is 63.7 Å². The summed E-state index contributed by atoms with van der Waals surface area (Å²) in [5.41, 5.74) is 0.00777. The van der Waals surface area contributed by atoms with Crippen molar-refractivity contribution in [3.8, 4) is 0 Å². The third kappa shape index (κ3) is 6.82. The fourth-order valence-corrected chi connectivity index (χ4v) is 3.90. The molecule has 0 atom stereocenters. The largest absolute Gasteiger partial charge is 0.462 e. The van der Waals surface area contributed by atoms with Crippen LogP contribution in [-0.2, 0) is 14.2 Å². The summed E-state index contributed by atoms with van der Waals surface area (Å²) in [7, 11) is 0. The van der Waals surface area contributed by atoms with Gasteiger partial charge in [0.1, 0.15) is 11.4 Å². The third-order valence-corrected chi connectivity index (χ3v) is 5.50. The Morgan fingerprint density at radius 3 is 2.16 bits per heavy atom. The molecule has 8 heteroatoms. The lowest BCUT2D eigenvalue weighted by atomic mass is 10.0. The van der Waals surface area contributed by atoms with Crippen LogP contribution >= 0.6 is 0 Å². The van der Waals surface area contributed by atoms with Gasteiger partial charge in [0.2, 0.25) is 0 Å². The van der Waals surface area contributed by atoms with Crippen LogP contribution in [0.5, 0.6) is 0 Å². The minimum absolute atomic E-state index is 0.192. The van der Waals surface area contributed by atoms with Gasteiger partial charge >= 0.3 is 12.1 Å². The minimum atomic E-state index is -0.466. The summed E-state index contributed by atoms with van der Waals surface area (Å²) in [4.78, 5) is 32.4. The molecule has 2 aliphatic rings. The Bertz CT molecular complexity index is 731. The molecule has 0 unspecified atom stereocenters. The topological polar surface area (TPSA) is 81.2 Å². The molecule has 1 aromatic rings. The molecule has 3 heterocycles. The number of hydrogen-bond acceptors (Lipinski definition) is 7. The molecule has 0 radical (unpaired) electrons. The molecule has 0 aliphatic carbocycles. The van der Waals surface area contributed by atoms with Crippen LogP contribution in [0.4, 0.5) is 10.6 Å². The van der Waals surface area contributed by atoms with Crippen LogP contribution in [0.2, 0.25) is 0 Å². The van der Waals surface area contributed by atoms with Crippen LogP contribution in [0.25, 0.3) is 0 Å². The molecule has 8 nitrogen and oxygen atoms in total. The third-order valence-electron chi connectivity index (χ3n) is 5.50. The fraction of sp³-hybridized carbons (Fsp3) is 0.696. The number of amides is 1. The van der Waals surface area contributed by atoms with Crippen molar-refractivity contribution in [2.75, 3.05) is 37.7 Å². The smallest absolute Gasteiger partial charge is 0.410 e. The summed E-state index contributed by atoms with van der Waals surface area (Å²) < 4.78 is 16.8. The van der Waals surface area contributed by atoms with E-state index in [0.717, 1.165) is 44.6 Å². The molecule has 2 saturated heterocycles. The van der Waals surface area contributed by atoms with Crippen LogP contribution in [0.3, 0.4) is 0 Å². The number of piperidine rings is 2. The molecule has 2 fully saturated rings. The van der Waals surface area contributed by atoms with Crippen LogP contribution < -0.4 is 4.90 Å². The number of carbonyl (C=O) groups is 2. The van der Waals surface area contributed by atoms with Crippen molar-refractivity contribution in [1.82, 2.24) is 9.88 Å². The summed E-state index contributed by atoms with van der Waals surface area (Å²) in [5.74, 6) is 0.531. The zero-order chi connectivity index (χ0) is 22.4. The Balaban J connectivity index is 1.40. The average molecular weight is 434 g/mol. The van der Waals surface area contributed by atoms with Crippen molar-refractivity contribution in [3.05, 3.63) is 23.9 Å². The number of aromatic nitrogens is 1. The Morgan fingerprint density at radius 2 is 1.65 bits per heavy atom. The number of nitrogens with zero attached hydrogens (tertiary/aromatic N) is 3. The maximum Gasteiger partial charge on any atom is 0.410 e. The van der Waals surface area contributed by atoms with Crippen molar-refractivity contribution in [2.24, 2.45) is 0 Å². The van der Waals surface area contributed by atoms with Crippen molar-refractivity contribution in [2.45, 2.75) is 71.2 Å². The standard InChI is InChI=1S/C23H35N3O5/c1-5-29-21(27)17-6-7-20(24-16-17)25-12-8-18(9-13-25)30-19-10-14-26(15-11-19)22(28)31-23(2,3)4/h6-7,16,18-19H,5,8-15H2,1-4H3. The first kappa shape index (κ1) is 23.3. The highest BCUT2D eigenvalue weighted by Gasteiger charge is 2.29. The summed E-state index contributed by atoms with van der Waals surface area (Å²) in [6, 6.07) is 3.64. The lowest BCUT2D eigenvalue weighted by Crippen LogP contribution is -2.45. The van der Waals surface area contributed by atoms with E-state index in [1.54, 1.807) is 24.1 Å². The maximum absolute atomic E-state index is 12.2. The molecular weight excluding hydrogens is 398 g/mol. The summed E-state index contributed by atoms with van der Waals surface area (Å²) in [5, 5.41) is 0. The van der Waals surface area contributed by atoms with Crippen molar-refractivity contribution < 1.29 is 23.8 Å². The molecule has 0 bridgehead atoms. The predicted molar refractivity (Wildman–Crippen MR) is 117 cm³/mol. The van der Waals surface area contributed by atoms with Crippen molar-refractivity contribution in [3.63, 3.8) is 0 Å². The Labute approximate surface area is 184 Å². The zero-order valence-electron chi connectivity index (χ0n) is 19.1. The molecule has 2 aliphatic heterocycles. The van der Waals surface area contributed by atoms with Gasteiger partial charge < -0.3 is 24.0 Å². The number of ether oxygens (including phenoxy) is 3. The number of hydrogen-bond donors (Lipinski definition) is 0. The van der Waals surface area contributed by atoms with Gasteiger partial charge in [0.25, 0.3) is 0 Å². The lowest BCUT2D eigenvalue weighted by molar-refractivity contribution is -0.0536. The van der Waals surface area contributed by atoms with E-state index in [0.29, 0.717) is 25.3 Å². The fourth-order valence-electron chi connectivity index (χ4n) is 3.90. The normalized spacial score (nSPS) is 18.7. The van der Waals surface area contributed by atoms with Gasteiger partial charge in [-0.1, -0.05) is 0 Å². The Morgan fingerprint density at radius 1 is 1.03 bits per heavy atom. The number of carbonyl (C=O) groups excluding carboxylic acids is 2. The first-order valence-corrected chi connectivity index (χ1v) is 11.3. The molecule has 0 aromatic carbocycles. The minimum Gasteiger partial charge on any atom is -0.462 e. The van der Waals surface area contributed by atoms with Gasteiger partial charge in [-0.05, 0) is 65.5 Å². The van der Waals surface area contributed by atoms with E-state index < -0.39 is 5.60 Å². The number of pyridine rings is 1. The monoisotopic (exact) mass is 433 g/mol. The first-order chi connectivity index (χ1) is 14.7. The second kappa shape index (κ2) is 10.3. The van der Waals surface area contributed by atoms with Gasteiger partial charge in [0.05, 0.1) is 24.4 Å². The Kier molecular flexibility index (Phi) is 7.75. The van der Waals surface area contributed by atoms with E-state index in [4.69, 9.17) is 14.2 Å². The van der Waals surface area contributed by atoms with Crippen molar-refractivity contribution in [1.29, 1.82) is 0 Å². The van der Waals surface area contributed by atoms with Crippen LogP contribution in [0, 0.1) is 0 Å². The molecule has 31 heavy (non-hydrogen) atoms. The molecule has 0 saturated carbocycles. The average Bonchev–Trinajstić information content (AvgIpc) is 2.74. The van der Waals surface area contributed by atoms with Gasteiger partial charge in [0.15, 0.2) is 0 Å².